The first kappa shape index (κ1) is 24.4. The van der Waals surface area contributed by atoms with Crippen LogP contribution in [0.25, 0.3) is 0 Å². The Balaban J connectivity index is 0.00000784. The predicted molar refractivity (Wildman–Crippen MR) is 111 cm³/mol. The number of nitrogens with one attached hydrogen (secondary N) is 2. The summed E-state index contributed by atoms with van der Waals surface area (Å²) in [5.41, 5.74) is -0.506. The standard InChI is InChI=1S/C21H38N2O5.H2/c1-6-13-27-28-18-10-8-17(9-11-18)23-20(25)22-12-14-26-19(24)21(4,5)15-16(3)7-2;/h6,16-18H,1,7-15H2,2-5H3,(H2,22,23,25);1H. The lowest BCUT2D eigenvalue weighted by Gasteiger charge is -2.28. The lowest BCUT2D eigenvalue weighted by atomic mass is 9.82. The highest BCUT2D eigenvalue weighted by atomic mass is 17.2. The van der Waals surface area contributed by atoms with Crippen molar-refractivity contribution in [2.75, 3.05) is 19.8 Å². The molecular weight excluding hydrogens is 360 g/mol. The van der Waals surface area contributed by atoms with Gasteiger partial charge in [0.25, 0.3) is 0 Å². The number of amides is 2. The zero-order chi connectivity index (χ0) is 21.0. The molecule has 28 heavy (non-hydrogen) atoms. The molecule has 1 rings (SSSR count). The van der Waals surface area contributed by atoms with E-state index in [0.29, 0.717) is 19.1 Å². The third-order valence-electron chi connectivity index (χ3n) is 5.13. The molecule has 1 aliphatic carbocycles. The molecule has 0 aromatic heterocycles. The third-order valence-corrected chi connectivity index (χ3v) is 5.13. The van der Waals surface area contributed by atoms with Crippen molar-refractivity contribution in [1.82, 2.24) is 10.6 Å². The number of hydrogen-bond donors (Lipinski definition) is 2. The van der Waals surface area contributed by atoms with Gasteiger partial charge in [0, 0.05) is 7.47 Å². The van der Waals surface area contributed by atoms with Crippen molar-refractivity contribution in [3.05, 3.63) is 12.7 Å². The Morgan fingerprint density at radius 3 is 2.57 bits per heavy atom. The fraction of sp³-hybridized carbons (Fsp3) is 0.810. The van der Waals surface area contributed by atoms with Gasteiger partial charge in [0.1, 0.15) is 13.2 Å². The van der Waals surface area contributed by atoms with Crippen LogP contribution in [0.2, 0.25) is 0 Å². The van der Waals surface area contributed by atoms with E-state index in [1.54, 1.807) is 6.08 Å². The molecule has 0 radical (unpaired) electrons. The highest BCUT2D eigenvalue weighted by Gasteiger charge is 2.30. The van der Waals surface area contributed by atoms with Crippen molar-refractivity contribution in [1.29, 1.82) is 0 Å². The van der Waals surface area contributed by atoms with Crippen LogP contribution >= 0.6 is 0 Å². The van der Waals surface area contributed by atoms with Gasteiger partial charge in [0.2, 0.25) is 0 Å². The van der Waals surface area contributed by atoms with E-state index in [0.717, 1.165) is 38.5 Å². The second-order valence-corrected chi connectivity index (χ2v) is 8.28. The number of ether oxygens (including phenoxy) is 1. The Kier molecular flexibility index (Phi) is 11.2. The summed E-state index contributed by atoms with van der Waals surface area (Å²) in [4.78, 5) is 34.5. The second kappa shape index (κ2) is 12.8. The number of carbonyl (C=O) groups is 2. The topological polar surface area (TPSA) is 85.9 Å². The molecule has 1 atom stereocenters. The van der Waals surface area contributed by atoms with E-state index in [1.165, 1.54) is 0 Å². The lowest BCUT2D eigenvalue weighted by molar-refractivity contribution is -0.321. The first-order valence-electron chi connectivity index (χ1n) is 10.4. The maximum absolute atomic E-state index is 12.2. The zero-order valence-electron chi connectivity index (χ0n) is 17.9. The van der Waals surface area contributed by atoms with E-state index in [9.17, 15) is 9.59 Å². The molecule has 0 bridgehead atoms. The summed E-state index contributed by atoms with van der Waals surface area (Å²) in [6.45, 7) is 12.5. The molecule has 0 aromatic rings. The Morgan fingerprint density at radius 2 is 1.96 bits per heavy atom. The normalized spacial score (nSPS) is 20.9. The average molecular weight is 401 g/mol. The smallest absolute Gasteiger partial charge is 0.315 e. The maximum atomic E-state index is 12.2. The van der Waals surface area contributed by atoms with Crippen molar-refractivity contribution in [2.24, 2.45) is 11.3 Å². The summed E-state index contributed by atoms with van der Waals surface area (Å²) in [7, 11) is 0. The van der Waals surface area contributed by atoms with E-state index in [-0.39, 0.29) is 32.2 Å². The van der Waals surface area contributed by atoms with Crippen LogP contribution < -0.4 is 10.6 Å². The molecular formula is C21H40N2O5. The van der Waals surface area contributed by atoms with Crippen LogP contribution in [-0.4, -0.2) is 43.9 Å². The minimum absolute atomic E-state index is 0. The first-order valence-corrected chi connectivity index (χ1v) is 10.4. The number of carbonyl (C=O) groups excluding carboxylic acids is 2. The molecule has 1 saturated carbocycles. The summed E-state index contributed by atoms with van der Waals surface area (Å²) in [5.74, 6) is 0.257. The molecule has 0 saturated heterocycles. The van der Waals surface area contributed by atoms with Gasteiger partial charge in [-0.05, 0) is 51.9 Å². The molecule has 1 fully saturated rings. The van der Waals surface area contributed by atoms with Gasteiger partial charge in [0.05, 0.1) is 18.1 Å². The SMILES string of the molecule is C=CCOOC1CCC(NC(=O)NCCOC(=O)C(C)(C)CC(C)CC)CC1.[HH]. The van der Waals surface area contributed by atoms with Gasteiger partial charge in [0.15, 0.2) is 0 Å². The van der Waals surface area contributed by atoms with Crippen LogP contribution in [0.5, 0.6) is 0 Å². The van der Waals surface area contributed by atoms with E-state index in [4.69, 9.17) is 14.5 Å². The van der Waals surface area contributed by atoms with Crippen LogP contribution in [0.4, 0.5) is 4.79 Å². The number of rotatable bonds is 12. The van der Waals surface area contributed by atoms with E-state index >= 15 is 0 Å². The van der Waals surface area contributed by atoms with Crippen LogP contribution in [0, 0.1) is 11.3 Å². The molecule has 2 N–H and O–H groups in total. The summed E-state index contributed by atoms with van der Waals surface area (Å²) in [5, 5.41) is 5.70. The minimum Gasteiger partial charge on any atom is -0.463 e. The minimum atomic E-state index is -0.506. The summed E-state index contributed by atoms with van der Waals surface area (Å²) in [6.07, 6.45) is 6.90. The maximum Gasteiger partial charge on any atom is 0.315 e. The summed E-state index contributed by atoms with van der Waals surface area (Å²) < 4.78 is 5.33. The van der Waals surface area contributed by atoms with E-state index in [2.05, 4.69) is 31.1 Å². The highest BCUT2D eigenvalue weighted by Crippen LogP contribution is 2.28. The van der Waals surface area contributed by atoms with Crippen molar-refractivity contribution in [2.45, 2.75) is 78.4 Å². The van der Waals surface area contributed by atoms with Crippen LogP contribution in [0.3, 0.4) is 0 Å². The second-order valence-electron chi connectivity index (χ2n) is 8.28. The monoisotopic (exact) mass is 400 g/mol. The van der Waals surface area contributed by atoms with Gasteiger partial charge in [-0.2, -0.15) is 0 Å². The molecule has 0 aromatic carbocycles. The van der Waals surface area contributed by atoms with Crippen molar-refractivity contribution >= 4 is 12.0 Å². The van der Waals surface area contributed by atoms with Gasteiger partial charge in [-0.15, -0.1) is 6.58 Å². The average Bonchev–Trinajstić information content (AvgIpc) is 2.66. The Hall–Kier alpha value is -1.60. The summed E-state index contributed by atoms with van der Waals surface area (Å²) in [6, 6.07) is -0.113. The predicted octanol–water partition coefficient (Wildman–Crippen LogP) is 3.98. The molecule has 164 valence electrons. The molecule has 1 unspecified atom stereocenters. The largest absolute Gasteiger partial charge is 0.463 e. The molecule has 0 heterocycles. The van der Waals surface area contributed by atoms with Crippen LogP contribution in [-0.2, 0) is 19.3 Å². The van der Waals surface area contributed by atoms with Crippen LogP contribution in [0.15, 0.2) is 12.7 Å². The van der Waals surface area contributed by atoms with Crippen molar-refractivity contribution < 1.29 is 25.5 Å². The first-order chi connectivity index (χ1) is 13.3. The Morgan fingerprint density at radius 1 is 1.29 bits per heavy atom. The molecule has 0 spiro atoms. The van der Waals surface area contributed by atoms with E-state index < -0.39 is 5.41 Å². The Labute approximate surface area is 171 Å². The molecule has 7 heteroatoms. The Bertz CT molecular complexity index is 493. The third kappa shape index (κ3) is 9.55. The van der Waals surface area contributed by atoms with E-state index in [1.807, 2.05) is 13.8 Å². The van der Waals surface area contributed by atoms with Crippen LogP contribution in [0.1, 0.15) is 67.6 Å². The van der Waals surface area contributed by atoms with Gasteiger partial charge in [-0.3, -0.25) is 4.79 Å². The molecule has 0 aliphatic heterocycles. The fourth-order valence-corrected chi connectivity index (χ4v) is 3.33. The zero-order valence-corrected chi connectivity index (χ0v) is 17.9. The summed E-state index contributed by atoms with van der Waals surface area (Å²) >= 11 is 0. The van der Waals surface area contributed by atoms with Gasteiger partial charge < -0.3 is 15.4 Å². The van der Waals surface area contributed by atoms with Crippen molar-refractivity contribution in [3.63, 3.8) is 0 Å². The van der Waals surface area contributed by atoms with Gasteiger partial charge >= 0.3 is 12.0 Å². The number of hydrogen-bond acceptors (Lipinski definition) is 5. The highest BCUT2D eigenvalue weighted by molar-refractivity contribution is 5.76. The number of esters is 1. The quantitative estimate of drug-likeness (QED) is 0.170. The van der Waals surface area contributed by atoms with Gasteiger partial charge in [-0.25, -0.2) is 14.6 Å². The lowest BCUT2D eigenvalue weighted by Crippen LogP contribution is -2.45. The molecule has 2 amide bonds. The fourth-order valence-electron chi connectivity index (χ4n) is 3.33. The molecule has 7 nitrogen and oxygen atoms in total. The molecule has 1 aliphatic rings. The number of urea groups is 1. The van der Waals surface area contributed by atoms with Crippen molar-refractivity contribution in [3.8, 4) is 0 Å². The van der Waals surface area contributed by atoms with Gasteiger partial charge in [-0.1, -0.05) is 26.3 Å².